The Morgan fingerprint density at radius 3 is 2.26 bits per heavy atom. The Labute approximate surface area is 249 Å². The molecule has 1 spiro atoms. The lowest BCUT2D eigenvalue weighted by Gasteiger charge is -2.37. The summed E-state index contributed by atoms with van der Waals surface area (Å²) in [4.78, 5) is 46.4. The zero-order chi connectivity index (χ0) is 29.2. The predicted molar refractivity (Wildman–Crippen MR) is 164 cm³/mol. The zero-order valence-electron chi connectivity index (χ0n) is 23.2. The Morgan fingerprint density at radius 1 is 0.905 bits per heavy atom. The minimum atomic E-state index is -1.58. The maximum Gasteiger partial charge on any atom is 0.185 e. The van der Waals surface area contributed by atoms with Crippen molar-refractivity contribution in [1.82, 2.24) is 0 Å². The first kappa shape index (κ1) is 26.4. The van der Waals surface area contributed by atoms with Crippen LogP contribution in [0.4, 0.5) is 5.69 Å². The standard InChI is InChI=1S/C36H28ClNO4/c1-3-42-29-11-7-6-10-27(29)31-32(33(39)22-13-16-24(37)17-14-22)38-28-18-12-21(2)20-23(28)15-19-30(38)36(31)34(40)25-8-4-5-9-26(25)35(36)41/h4-20,30-32H,3H2,1-2H3. The van der Waals surface area contributed by atoms with Crippen molar-refractivity contribution < 1.29 is 19.1 Å². The normalized spacial score (nSPS) is 21.3. The van der Waals surface area contributed by atoms with Crippen LogP contribution >= 0.6 is 11.6 Å². The third kappa shape index (κ3) is 3.59. The van der Waals surface area contributed by atoms with Gasteiger partial charge in [-0.3, -0.25) is 14.4 Å². The molecule has 0 N–H and O–H groups in total. The second-order valence-electron chi connectivity index (χ2n) is 11.1. The maximum atomic E-state index is 14.8. The van der Waals surface area contributed by atoms with Crippen LogP contribution in [0.15, 0.2) is 97.1 Å². The molecule has 3 aliphatic rings. The lowest BCUT2D eigenvalue weighted by molar-refractivity contribution is 0.0664. The molecule has 208 valence electrons. The third-order valence-corrected chi connectivity index (χ3v) is 9.16. The summed E-state index contributed by atoms with van der Waals surface area (Å²) in [5.41, 5.74) is 3.15. The van der Waals surface area contributed by atoms with Crippen LogP contribution in [-0.4, -0.2) is 36.0 Å². The topological polar surface area (TPSA) is 63.7 Å². The lowest BCUT2D eigenvalue weighted by atomic mass is 9.64. The zero-order valence-corrected chi connectivity index (χ0v) is 24.0. The molecule has 0 aromatic heterocycles. The molecule has 7 rings (SSSR count). The number of para-hydroxylation sites is 1. The van der Waals surface area contributed by atoms with Crippen LogP contribution in [0.1, 0.15) is 60.6 Å². The number of hydrogen-bond donors (Lipinski definition) is 0. The average Bonchev–Trinajstić information content (AvgIpc) is 3.43. The van der Waals surface area contributed by atoms with E-state index in [9.17, 15) is 14.4 Å². The first-order valence-corrected chi connectivity index (χ1v) is 14.5. The molecular formula is C36H28ClNO4. The van der Waals surface area contributed by atoms with Gasteiger partial charge in [-0.25, -0.2) is 0 Å². The van der Waals surface area contributed by atoms with Crippen molar-refractivity contribution in [2.75, 3.05) is 11.5 Å². The van der Waals surface area contributed by atoms with Crippen molar-refractivity contribution in [3.8, 4) is 5.75 Å². The molecule has 0 amide bonds. The van der Waals surface area contributed by atoms with E-state index in [1.807, 2.05) is 67.3 Å². The highest BCUT2D eigenvalue weighted by molar-refractivity contribution is 6.32. The molecule has 2 aliphatic heterocycles. The van der Waals surface area contributed by atoms with Crippen molar-refractivity contribution in [3.63, 3.8) is 0 Å². The Balaban J connectivity index is 1.56. The molecule has 4 aromatic rings. The number of ketones is 3. The van der Waals surface area contributed by atoms with E-state index in [4.69, 9.17) is 16.3 Å². The van der Waals surface area contributed by atoms with Gasteiger partial charge in [-0.05, 0) is 61.9 Å². The molecule has 0 bridgehead atoms. The van der Waals surface area contributed by atoms with Crippen LogP contribution in [0.25, 0.3) is 6.08 Å². The molecule has 1 aliphatic carbocycles. The Kier molecular flexibility index (Phi) is 6.17. The summed E-state index contributed by atoms with van der Waals surface area (Å²) < 4.78 is 6.10. The van der Waals surface area contributed by atoms with E-state index in [0.717, 1.165) is 16.8 Å². The van der Waals surface area contributed by atoms with Gasteiger partial charge in [0.25, 0.3) is 0 Å². The number of halogens is 1. The van der Waals surface area contributed by atoms with Crippen LogP contribution in [0.2, 0.25) is 5.02 Å². The van der Waals surface area contributed by atoms with Gasteiger partial charge in [0.1, 0.15) is 17.2 Å². The Hall–Kier alpha value is -4.48. The van der Waals surface area contributed by atoms with Gasteiger partial charge in [-0.2, -0.15) is 0 Å². The molecule has 1 fully saturated rings. The van der Waals surface area contributed by atoms with Crippen LogP contribution in [0, 0.1) is 12.3 Å². The molecule has 42 heavy (non-hydrogen) atoms. The van der Waals surface area contributed by atoms with Gasteiger partial charge < -0.3 is 9.64 Å². The molecule has 3 atom stereocenters. The summed E-state index contributed by atoms with van der Waals surface area (Å²) in [7, 11) is 0. The number of Topliss-reactive ketones (excluding diaryl/α,β-unsaturated/α-hetero) is 3. The highest BCUT2D eigenvalue weighted by Crippen LogP contribution is 2.62. The first-order valence-electron chi connectivity index (χ1n) is 14.1. The van der Waals surface area contributed by atoms with E-state index in [-0.39, 0.29) is 17.3 Å². The number of aryl methyl sites for hydroxylation is 1. The fraction of sp³-hybridized carbons (Fsp3) is 0.194. The molecule has 6 heteroatoms. The highest BCUT2D eigenvalue weighted by Gasteiger charge is 2.71. The van der Waals surface area contributed by atoms with Crippen molar-refractivity contribution in [1.29, 1.82) is 0 Å². The number of anilines is 1. The molecule has 5 nitrogen and oxygen atoms in total. The molecule has 4 aromatic carbocycles. The van der Waals surface area contributed by atoms with E-state index in [1.165, 1.54) is 0 Å². The van der Waals surface area contributed by atoms with Crippen molar-refractivity contribution in [2.24, 2.45) is 5.41 Å². The SMILES string of the molecule is CCOc1ccccc1C1C(C(=O)c2ccc(Cl)cc2)N2c3ccc(C)cc3C=CC2C12C(=O)c1ccccc1C2=O. The van der Waals surface area contributed by atoms with E-state index in [0.29, 0.717) is 39.6 Å². The van der Waals surface area contributed by atoms with Crippen molar-refractivity contribution in [2.45, 2.75) is 31.8 Å². The van der Waals surface area contributed by atoms with E-state index >= 15 is 0 Å². The number of rotatable bonds is 5. The smallest absolute Gasteiger partial charge is 0.185 e. The molecule has 0 radical (unpaired) electrons. The number of benzene rings is 4. The minimum absolute atomic E-state index is 0.191. The number of carbonyl (C=O) groups is 3. The molecule has 3 unspecified atom stereocenters. The largest absolute Gasteiger partial charge is 0.494 e. The van der Waals surface area contributed by atoms with Crippen molar-refractivity contribution in [3.05, 3.63) is 135 Å². The van der Waals surface area contributed by atoms with Crippen LogP contribution in [-0.2, 0) is 0 Å². The number of ether oxygens (including phenoxy) is 1. The van der Waals surface area contributed by atoms with E-state index in [2.05, 4.69) is 6.07 Å². The maximum absolute atomic E-state index is 14.8. The van der Waals surface area contributed by atoms with Gasteiger partial charge in [0, 0.05) is 38.9 Å². The second kappa shape index (κ2) is 9.81. The average molecular weight is 574 g/mol. The molecule has 1 saturated heterocycles. The predicted octanol–water partition coefficient (Wildman–Crippen LogP) is 7.36. The minimum Gasteiger partial charge on any atom is -0.494 e. The number of hydrogen-bond acceptors (Lipinski definition) is 5. The Morgan fingerprint density at radius 2 is 1.57 bits per heavy atom. The summed E-state index contributed by atoms with van der Waals surface area (Å²) in [6, 6.07) is 25.7. The fourth-order valence-electron chi connectivity index (χ4n) is 7.25. The van der Waals surface area contributed by atoms with Gasteiger partial charge in [-0.15, -0.1) is 0 Å². The van der Waals surface area contributed by atoms with Gasteiger partial charge in [0.2, 0.25) is 0 Å². The monoisotopic (exact) mass is 573 g/mol. The highest BCUT2D eigenvalue weighted by atomic mass is 35.5. The van der Waals surface area contributed by atoms with Gasteiger partial charge in [0.05, 0.1) is 12.6 Å². The summed E-state index contributed by atoms with van der Waals surface area (Å²) in [6.07, 6.45) is 3.92. The third-order valence-electron chi connectivity index (χ3n) is 8.91. The quantitative estimate of drug-likeness (QED) is 0.184. The van der Waals surface area contributed by atoms with Crippen LogP contribution in [0.5, 0.6) is 5.75 Å². The summed E-state index contributed by atoms with van der Waals surface area (Å²) >= 11 is 6.20. The van der Waals surface area contributed by atoms with Gasteiger partial charge >= 0.3 is 0 Å². The van der Waals surface area contributed by atoms with Gasteiger partial charge in [-0.1, -0.05) is 77.8 Å². The van der Waals surface area contributed by atoms with E-state index in [1.54, 1.807) is 48.5 Å². The molecular weight excluding hydrogens is 546 g/mol. The van der Waals surface area contributed by atoms with Crippen molar-refractivity contribution >= 4 is 40.7 Å². The van der Waals surface area contributed by atoms with Crippen LogP contribution < -0.4 is 9.64 Å². The number of carbonyl (C=O) groups excluding carboxylic acids is 3. The van der Waals surface area contributed by atoms with E-state index < -0.39 is 23.4 Å². The molecule has 0 saturated carbocycles. The van der Waals surface area contributed by atoms with Crippen LogP contribution in [0.3, 0.4) is 0 Å². The Bertz CT molecular complexity index is 1770. The fourth-order valence-corrected chi connectivity index (χ4v) is 7.37. The lowest BCUT2D eigenvalue weighted by Crippen LogP contribution is -2.48. The first-order chi connectivity index (χ1) is 20.4. The number of fused-ring (bicyclic) bond motifs is 5. The molecule has 2 heterocycles. The van der Waals surface area contributed by atoms with Gasteiger partial charge in [0.15, 0.2) is 17.3 Å². The number of nitrogens with zero attached hydrogens (tertiary/aromatic N) is 1. The second-order valence-corrected chi connectivity index (χ2v) is 11.5. The summed E-state index contributed by atoms with van der Waals surface area (Å²) in [6.45, 7) is 4.30. The summed E-state index contributed by atoms with van der Waals surface area (Å²) in [5, 5.41) is 0.517. The summed E-state index contributed by atoms with van der Waals surface area (Å²) in [5.74, 6) is -0.995.